The van der Waals surface area contributed by atoms with Crippen LogP contribution in [0, 0.1) is 0 Å². The number of alkyl halides is 1. The summed E-state index contributed by atoms with van der Waals surface area (Å²) in [5.74, 6) is 0.0814. The van der Waals surface area contributed by atoms with Crippen LogP contribution in [0.4, 0.5) is 0 Å². The number of benzene rings is 1. The van der Waals surface area contributed by atoms with Crippen molar-refractivity contribution in [2.75, 3.05) is 18.4 Å². The van der Waals surface area contributed by atoms with Gasteiger partial charge in [-0.25, -0.2) is 0 Å². The lowest BCUT2D eigenvalue weighted by Crippen LogP contribution is -2.55. The van der Waals surface area contributed by atoms with E-state index in [-0.39, 0.29) is 17.6 Å². The van der Waals surface area contributed by atoms with Crippen LogP contribution in [0.25, 0.3) is 0 Å². The molecule has 0 saturated carbocycles. The molecule has 1 unspecified atom stereocenters. The molecule has 4 heteroatoms. The summed E-state index contributed by atoms with van der Waals surface area (Å²) in [5.41, 5.74) is 0.449. The van der Waals surface area contributed by atoms with Gasteiger partial charge in [-0.15, -0.1) is 0 Å². The van der Waals surface area contributed by atoms with Crippen molar-refractivity contribution in [1.29, 1.82) is 0 Å². The molecule has 3 nitrogen and oxygen atoms in total. The van der Waals surface area contributed by atoms with Crippen molar-refractivity contribution < 1.29 is 9.53 Å². The lowest BCUT2D eigenvalue weighted by molar-refractivity contribution is -0.116. The molecule has 2 rings (SSSR count). The molecule has 1 heterocycles. The molecule has 1 amide bonds. The zero-order chi connectivity index (χ0) is 13.2. The zero-order valence-corrected chi connectivity index (χ0v) is 12.3. The van der Waals surface area contributed by atoms with Crippen LogP contribution >= 0.6 is 15.9 Å². The third kappa shape index (κ3) is 3.12. The van der Waals surface area contributed by atoms with Gasteiger partial charge in [0.1, 0.15) is 0 Å². The van der Waals surface area contributed by atoms with Crippen molar-refractivity contribution in [2.24, 2.45) is 0 Å². The van der Waals surface area contributed by atoms with E-state index in [2.05, 4.69) is 15.9 Å². The summed E-state index contributed by atoms with van der Waals surface area (Å²) in [6, 6.07) is 9.41. The minimum Gasteiger partial charge on any atom is -0.368 e. The van der Waals surface area contributed by atoms with Crippen LogP contribution in [0.15, 0.2) is 30.3 Å². The summed E-state index contributed by atoms with van der Waals surface area (Å²) in [6.45, 7) is 5.31. The monoisotopic (exact) mass is 311 g/mol. The molecule has 0 bridgehead atoms. The van der Waals surface area contributed by atoms with Crippen LogP contribution in [0.1, 0.15) is 24.2 Å². The Labute approximate surface area is 116 Å². The Bertz CT molecular complexity index is 419. The second-order valence-electron chi connectivity index (χ2n) is 5.21. The Morgan fingerprint density at radius 1 is 1.44 bits per heavy atom. The maximum Gasteiger partial charge on any atom is 0.254 e. The highest BCUT2D eigenvalue weighted by Crippen LogP contribution is 2.23. The van der Waals surface area contributed by atoms with E-state index in [1.165, 1.54) is 0 Å². The SMILES string of the molecule is CC1(C)CN(C(=O)c2ccccc2)CC(CBr)O1. The average Bonchev–Trinajstić information content (AvgIpc) is 2.37. The molecule has 1 aromatic carbocycles. The molecule has 0 aliphatic carbocycles. The van der Waals surface area contributed by atoms with Crippen molar-refractivity contribution in [3.63, 3.8) is 0 Å². The van der Waals surface area contributed by atoms with E-state index in [1.807, 2.05) is 49.1 Å². The van der Waals surface area contributed by atoms with Gasteiger partial charge in [0.25, 0.3) is 5.91 Å². The number of hydrogen-bond acceptors (Lipinski definition) is 2. The second kappa shape index (κ2) is 5.41. The molecule has 98 valence electrons. The summed E-state index contributed by atoms with van der Waals surface area (Å²) in [7, 11) is 0. The molecule has 1 aliphatic heterocycles. The van der Waals surface area contributed by atoms with Gasteiger partial charge in [0.05, 0.1) is 11.7 Å². The Morgan fingerprint density at radius 3 is 2.72 bits per heavy atom. The highest BCUT2D eigenvalue weighted by Gasteiger charge is 2.35. The summed E-state index contributed by atoms with van der Waals surface area (Å²) in [6.07, 6.45) is 0.0569. The van der Waals surface area contributed by atoms with E-state index in [1.54, 1.807) is 0 Å². The van der Waals surface area contributed by atoms with Crippen molar-refractivity contribution in [3.05, 3.63) is 35.9 Å². The third-order valence-corrected chi connectivity index (χ3v) is 3.68. The van der Waals surface area contributed by atoms with Gasteiger partial charge in [0, 0.05) is 24.0 Å². The Hall–Kier alpha value is -0.870. The highest BCUT2D eigenvalue weighted by molar-refractivity contribution is 9.09. The number of nitrogens with zero attached hydrogens (tertiary/aromatic N) is 1. The maximum atomic E-state index is 12.4. The third-order valence-electron chi connectivity index (χ3n) is 2.96. The van der Waals surface area contributed by atoms with E-state index in [9.17, 15) is 4.79 Å². The first-order valence-corrected chi connectivity index (χ1v) is 7.22. The maximum absolute atomic E-state index is 12.4. The smallest absolute Gasteiger partial charge is 0.254 e. The van der Waals surface area contributed by atoms with E-state index in [0.29, 0.717) is 13.1 Å². The number of carbonyl (C=O) groups excluding carboxylic acids is 1. The largest absolute Gasteiger partial charge is 0.368 e. The quantitative estimate of drug-likeness (QED) is 0.786. The zero-order valence-electron chi connectivity index (χ0n) is 10.7. The van der Waals surface area contributed by atoms with Crippen molar-refractivity contribution in [3.8, 4) is 0 Å². The first-order valence-electron chi connectivity index (χ1n) is 6.10. The Morgan fingerprint density at radius 2 is 2.11 bits per heavy atom. The lowest BCUT2D eigenvalue weighted by Gasteiger charge is -2.42. The minimum absolute atomic E-state index is 0.0569. The predicted octanol–water partition coefficient (Wildman–Crippen LogP) is 2.70. The van der Waals surface area contributed by atoms with Gasteiger partial charge >= 0.3 is 0 Å². The summed E-state index contributed by atoms with van der Waals surface area (Å²) < 4.78 is 5.90. The van der Waals surface area contributed by atoms with Gasteiger partial charge in [-0.2, -0.15) is 0 Å². The normalized spacial score (nSPS) is 22.8. The van der Waals surface area contributed by atoms with Crippen LogP contribution in [-0.4, -0.2) is 40.9 Å². The van der Waals surface area contributed by atoms with Gasteiger partial charge in [-0.05, 0) is 26.0 Å². The van der Waals surface area contributed by atoms with E-state index in [0.717, 1.165) is 10.9 Å². The second-order valence-corrected chi connectivity index (χ2v) is 5.85. The minimum atomic E-state index is -0.291. The van der Waals surface area contributed by atoms with E-state index >= 15 is 0 Å². The van der Waals surface area contributed by atoms with Crippen LogP contribution < -0.4 is 0 Å². The highest BCUT2D eigenvalue weighted by atomic mass is 79.9. The summed E-state index contributed by atoms with van der Waals surface area (Å²) >= 11 is 3.43. The molecule has 0 radical (unpaired) electrons. The molecule has 18 heavy (non-hydrogen) atoms. The van der Waals surface area contributed by atoms with Crippen LogP contribution in [0.3, 0.4) is 0 Å². The van der Waals surface area contributed by atoms with Crippen LogP contribution in [0.5, 0.6) is 0 Å². The Kier molecular flexibility index (Phi) is 4.07. The number of morpholine rings is 1. The van der Waals surface area contributed by atoms with Crippen LogP contribution in [0.2, 0.25) is 0 Å². The Balaban J connectivity index is 2.15. The number of ether oxygens (including phenoxy) is 1. The van der Waals surface area contributed by atoms with Gasteiger partial charge < -0.3 is 9.64 Å². The van der Waals surface area contributed by atoms with E-state index in [4.69, 9.17) is 4.74 Å². The average molecular weight is 312 g/mol. The van der Waals surface area contributed by atoms with Crippen molar-refractivity contribution in [1.82, 2.24) is 4.90 Å². The van der Waals surface area contributed by atoms with Gasteiger partial charge in [0.2, 0.25) is 0 Å². The molecular formula is C14H18BrNO2. The molecule has 1 aromatic rings. The number of rotatable bonds is 2. The molecular weight excluding hydrogens is 294 g/mol. The topological polar surface area (TPSA) is 29.5 Å². The molecule has 0 aromatic heterocycles. The summed E-state index contributed by atoms with van der Waals surface area (Å²) in [5, 5.41) is 0.745. The molecule has 1 aliphatic rings. The van der Waals surface area contributed by atoms with Gasteiger partial charge in [-0.1, -0.05) is 34.1 Å². The number of carbonyl (C=O) groups is 1. The fraction of sp³-hybridized carbons (Fsp3) is 0.500. The molecule has 0 N–H and O–H groups in total. The molecule has 0 spiro atoms. The van der Waals surface area contributed by atoms with Gasteiger partial charge in [0.15, 0.2) is 0 Å². The first-order chi connectivity index (χ1) is 8.52. The first kappa shape index (κ1) is 13.6. The molecule has 1 atom stereocenters. The van der Waals surface area contributed by atoms with Crippen LogP contribution in [-0.2, 0) is 4.74 Å². The number of hydrogen-bond donors (Lipinski definition) is 0. The number of halogens is 1. The van der Waals surface area contributed by atoms with Gasteiger partial charge in [-0.3, -0.25) is 4.79 Å². The molecule has 1 fully saturated rings. The standard InChI is InChI=1S/C14H18BrNO2/c1-14(2)10-16(9-12(8-15)18-14)13(17)11-6-4-3-5-7-11/h3-7,12H,8-10H2,1-2H3. The fourth-order valence-corrected chi connectivity index (χ4v) is 2.63. The molecule has 1 saturated heterocycles. The van der Waals surface area contributed by atoms with Crippen molar-refractivity contribution in [2.45, 2.75) is 25.6 Å². The summed E-state index contributed by atoms with van der Waals surface area (Å²) in [4.78, 5) is 14.3. The predicted molar refractivity (Wildman–Crippen MR) is 75.1 cm³/mol. The fourth-order valence-electron chi connectivity index (χ4n) is 2.29. The van der Waals surface area contributed by atoms with E-state index < -0.39 is 0 Å². The lowest BCUT2D eigenvalue weighted by atomic mass is 10.0. The number of amides is 1. The van der Waals surface area contributed by atoms with Crippen molar-refractivity contribution >= 4 is 21.8 Å².